The van der Waals surface area contributed by atoms with Crippen molar-refractivity contribution in [3.63, 3.8) is 0 Å². The van der Waals surface area contributed by atoms with Crippen molar-refractivity contribution in [2.75, 3.05) is 0 Å². The Kier molecular flexibility index (Phi) is 2.58. The molecule has 0 saturated heterocycles. The van der Waals surface area contributed by atoms with E-state index in [1.807, 2.05) is 25.3 Å². The first kappa shape index (κ1) is 9.33. The average Bonchev–Trinajstić information content (AvgIpc) is 2.55. The van der Waals surface area contributed by atoms with E-state index < -0.39 is 5.60 Å². The van der Waals surface area contributed by atoms with Gasteiger partial charge >= 0.3 is 0 Å². The van der Waals surface area contributed by atoms with Crippen LogP contribution in [0.4, 0.5) is 0 Å². The number of hydrogen-bond acceptors (Lipinski definition) is 1. The molecule has 0 aliphatic carbocycles. The highest BCUT2D eigenvalue weighted by atomic mass is 16.3. The summed E-state index contributed by atoms with van der Waals surface area (Å²) in [5, 5.41) is 10.1. The van der Waals surface area contributed by atoms with Gasteiger partial charge in [-0.3, -0.25) is 0 Å². The van der Waals surface area contributed by atoms with Crippen molar-refractivity contribution >= 4 is 0 Å². The molecule has 0 bridgehead atoms. The summed E-state index contributed by atoms with van der Waals surface area (Å²) in [6.07, 6.45) is 2.82. The van der Waals surface area contributed by atoms with Crippen LogP contribution in [0.15, 0.2) is 18.3 Å². The molecule has 0 aliphatic heterocycles. The number of rotatable bonds is 3. The number of nitrogens with one attached hydrogen (secondary N) is 1. The van der Waals surface area contributed by atoms with Crippen molar-refractivity contribution in [3.05, 3.63) is 24.0 Å². The molecule has 2 nitrogen and oxygen atoms in total. The van der Waals surface area contributed by atoms with Crippen molar-refractivity contribution in [1.82, 2.24) is 4.98 Å². The fourth-order valence-corrected chi connectivity index (χ4v) is 1.31. The number of hydrogen-bond donors (Lipinski definition) is 2. The van der Waals surface area contributed by atoms with Crippen molar-refractivity contribution in [3.8, 4) is 0 Å². The van der Waals surface area contributed by atoms with E-state index in [1.165, 1.54) is 0 Å². The van der Waals surface area contributed by atoms with E-state index in [0.717, 1.165) is 12.1 Å². The molecule has 0 aliphatic rings. The van der Waals surface area contributed by atoms with Crippen LogP contribution < -0.4 is 0 Å². The summed E-state index contributed by atoms with van der Waals surface area (Å²) >= 11 is 0. The number of aliphatic hydroxyl groups is 1. The van der Waals surface area contributed by atoms with Crippen LogP contribution in [0.25, 0.3) is 0 Å². The van der Waals surface area contributed by atoms with E-state index in [9.17, 15) is 5.11 Å². The van der Waals surface area contributed by atoms with Crippen molar-refractivity contribution in [1.29, 1.82) is 0 Å². The number of aromatic nitrogens is 1. The number of H-pyrrole nitrogens is 1. The molecule has 0 spiro atoms. The Morgan fingerprint density at radius 2 is 2.33 bits per heavy atom. The molecule has 1 aromatic rings. The maximum atomic E-state index is 10.1. The highest BCUT2D eigenvalue weighted by Crippen LogP contribution is 2.29. The third-order valence-electron chi connectivity index (χ3n) is 2.72. The third-order valence-corrected chi connectivity index (χ3v) is 2.72. The molecule has 0 amide bonds. The van der Waals surface area contributed by atoms with Crippen LogP contribution >= 0.6 is 0 Å². The second kappa shape index (κ2) is 3.31. The minimum absolute atomic E-state index is 0.274. The fraction of sp³-hybridized carbons (Fsp3) is 0.600. The zero-order valence-corrected chi connectivity index (χ0v) is 7.96. The van der Waals surface area contributed by atoms with E-state index in [0.29, 0.717) is 0 Å². The van der Waals surface area contributed by atoms with Crippen LogP contribution in [-0.2, 0) is 5.60 Å². The van der Waals surface area contributed by atoms with E-state index >= 15 is 0 Å². The summed E-state index contributed by atoms with van der Waals surface area (Å²) in [5.41, 5.74) is 0.176. The van der Waals surface area contributed by atoms with Gasteiger partial charge in [0.15, 0.2) is 0 Å². The lowest BCUT2D eigenvalue weighted by Crippen LogP contribution is -2.29. The number of aromatic amines is 1. The summed E-state index contributed by atoms with van der Waals surface area (Å²) in [4.78, 5) is 3.04. The van der Waals surface area contributed by atoms with Crippen LogP contribution in [-0.4, -0.2) is 10.1 Å². The molecule has 1 aromatic heterocycles. The molecule has 0 fully saturated rings. The van der Waals surface area contributed by atoms with Crippen LogP contribution in [0.3, 0.4) is 0 Å². The van der Waals surface area contributed by atoms with Gasteiger partial charge in [-0.05, 0) is 25.0 Å². The SMILES string of the molecule is CCC(C)C(C)(O)c1ccc[nH]1. The molecule has 2 unspecified atom stereocenters. The topological polar surface area (TPSA) is 36.0 Å². The molecule has 2 heteroatoms. The maximum Gasteiger partial charge on any atom is 0.104 e. The van der Waals surface area contributed by atoms with Crippen LogP contribution in [0, 0.1) is 5.92 Å². The van der Waals surface area contributed by atoms with Gasteiger partial charge < -0.3 is 10.1 Å². The molecule has 1 heterocycles. The smallest absolute Gasteiger partial charge is 0.104 e. The maximum absolute atomic E-state index is 10.1. The second-order valence-corrected chi connectivity index (χ2v) is 3.54. The van der Waals surface area contributed by atoms with E-state index in [4.69, 9.17) is 0 Å². The molecule has 1 rings (SSSR count). The van der Waals surface area contributed by atoms with Crippen molar-refractivity contribution < 1.29 is 5.11 Å². The molecule has 68 valence electrons. The monoisotopic (exact) mass is 167 g/mol. The molecule has 0 saturated carbocycles. The van der Waals surface area contributed by atoms with Gasteiger partial charge in [-0.1, -0.05) is 20.3 Å². The lowest BCUT2D eigenvalue weighted by molar-refractivity contribution is -0.00357. The van der Waals surface area contributed by atoms with E-state index in [2.05, 4.69) is 18.8 Å². The third kappa shape index (κ3) is 1.53. The Labute approximate surface area is 73.6 Å². The van der Waals surface area contributed by atoms with Crippen molar-refractivity contribution in [2.45, 2.75) is 32.8 Å². The minimum Gasteiger partial charge on any atom is -0.384 e. The summed E-state index contributed by atoms with van der Waals surface area (Å²) in [6.45, 7) is 6.00. The first-order valence-electron chi connectivity index (χ1n) is 4.45. The van der Waals surface area contributed by atoms with Gasteiger partial charge in [-0.15, -0.1) is 0 Å². The predicted molar refractivity (Wildman–Crippen MR) is 49.8 cm³/mol. The fourth-order valence-electron chi connectivity index (χ4n) is 1.31. The first-order chi connectivity index (χ1) is 5.59. The van der Waals surface area contributed by atoms with Gasteiger partial charge in [-0.25, -0.2) is 0 Å². The molecule has 0 aromatic carbocycles. The minimum atomic E-state index is -0.724. The van der Waals surface area contributed by atoms with Gasteiger partial charge in [0, 0.05) is 11.9 Å². The Bertz CT molecular complexity index is 226. The highest BCUT2D eigenvalue weighted by Gasteiger charge is 2.29. The van der Waals surface area contributed by atoms with Crippen LogP contribution in [0.2, 0.25) is 0 Å². The molecule has 12 heavy (non-hydrogen) atoms. The normalized spacial score (nSPS) is 18.7. The summed E-state index contributed by atoms with van der Waals surface area (Å²) in [5.74, 6) is 0.274. The molecule has 2 N–H and O–H groups in total. The van der Waals surface area contributed by atoms with Gasteiger partial charge in [0.2, 0.25) is 0 Å². The summed E-state index contributed by atoms with van der Waals surface area (Å²) in [6, 6.07) is 3.83. The Morgan fingerprint density at radius 1 is 1.67 bits per heavy atom. The zero-order valence-electron chi connectivity index (χ0n) is 7.96. The van der Waals surface area contributed by atoms with Crippen LogP contribution in [0.1, 0.15) is 32.9 Å². The van der Waals surface area contributed by atoms with Crippen LogP contribution in [0.5, 0.6) is 0 Å². The lowest BCUT2D eigenvalue weighted by Gasteiger charge is -2.28. The molecular weight excluding hydrogens is 150 g/mol. The van der Waals surface area contributed by atoms with Gasteiger partial charge in [0.25, 0.3) is 0 Å². The zero-order chi connectivity index (χ0) is 9.19. The van der Waals surface area contributed by atoms with Crippen molar-refractivity contribution in [2.24, 2.45) is 5.92 Å². The molecule has 0 radical (unpaired) electrons. The molecule has 2 atom stereocenters. The Morgan fingerprint density at radius 3 is 2.75 bits per heavy atom. The Hall–Kier alpha value is -0.760. The average molecular weight is 167 g/mol. The quantitative estimate of drug-likeness (QED) is 0.711. The second-order valence-electron chi connectivity index (χ2n) is 3.54. The largest absolute Gasteiger partial charge is 0.384 e. The predicted octanol–water partition coefficient (Wildman–Crippen LogP) is 2.27. The molecular formula is C10H17NO. The van der Waals surface area contributed by atoms with E-state index in [1.54, 1.807) is 0 Å². The summed E-state index contributed by atoms with van der Waals surface area (Å²) in [7, 11) is 0. The standard InChI is InChI=1S/C10H17NO/c1-4-8(2)10(3,12)9-6-5-7-11-9/h5-8,11-12H,4H2,1-3H3. The van der Waals surface area contributed by atoms with Gasteiger partial charge in [0.1, 0.15) is 5.60 Å². The Balaban J connectivity index is 2.85. The van der Waals surface area contributed by atoms with E-state index in [-0.39, 0.29) is 5.92 Å². The lowest BCUT2D eigenvalue weighted by atomic mass is 9.86. The first-order valence-corrected chi connectivity index (χ1v) is 4.45. The summed E-state index contributed by atoms with van der Waals surface area (Å²) < 4.78 is 0. The van der Waals surface area contributed by atoms with Gasteiger partial charge in [0.05, 0.1) is 0 Å². The highest BCUT2D eigenvalue weighted by molar-refractivity contribution is 5.13. The van der Waals surface area contributed by atoms with Gasteiger partial charge in [-0.2, -0.15) is 0 Å².